The van der Waals surface area contributed by atoms with Crippen LogP contribution in [0.4, 0.5) is 0 Å². The molecule has 1 aromatic heterocycles. The Hall–Kier alpha value is -0.610. The van der Waals surface area contributed by atoms with Crippen LogP contribution in [0.25, 0.3) is 0 Å². The molecule has 2 unspecified atom stereocenters. The van der Waals surface area contributed by atoms with Gasteiger partial charge in [-0.2, -0.15) is 0 Å². The van der Waals surface area contributed by atoms with E-state index in [1.54, 1.807) is 11.8 Å². The minimum absolute atomic E-state index is 0.539. The summed E-state index contributed by atoms with van der Waals surface area (Å²) < 4.78 is 0. The van der Waals surface area contributed by atoms with Gasteiger partial charge < -0.3 is 5.32 Å². The van der Waals surface area contributed by atoms with E-state index in [0.717, 1.165) is 23.7 Å². The smallest absolute Gasteiger partial charge is 0.187 e. The van der Waals surface area contributed by atoms with Crippen LogP contribution in [0.15, 0.2) is 17.6 Å². The van der Waals surface area contributed by atoms with Crippen molar-refractivity contribution in [2.45, 2.75) is 57.0 Å². The van der Waals surface area contributed by atoms with Crippen molar-refractivity contribution in [1.29, 1.82) is 0 Å². The number of rotatable bonds is 7. The maximum Gasteiger partial charge on any atom is 0.187 e. The van der Waals surface area contributed by atoms with Gasteiger partial charge in [-0.25, -0.2) is 9.97 Å². The largest absolute Gasteiger partial charge is 0.314 e. The molecule has 0 aliphatic carbocycles. The second-order valence-electron chi connectivity index (χ2n) is 4.56. The zero-order chi connectivity index (χ0) is 12.7. The second kappa shape index (κ2) is 7.67. The Balaban J connectivity index is 2.33. The third-order valence-corrected chi connectivity index (χ3v) is 3.51. The Morgan fingerprint density at radius 1 is 1.29 bits per heavy atom. The number of hydrogen-bond donors (Lipinski definition) is 1. The SMILES string of the molecule is CCCNC(C)CC(C)Sc1ncc(C)cn1. The minimum Gasteiger partial charge on any atom is -0.314 e. The molecule has 0 aromatic carbocycles. The molecule has 0 aliphatic rings. The van der Waals surface area contributed by atoms with E-state index in [-0.39, 0.29) is 0 Å². The van der Waals surface area contributed by atoms with Crippen LogP contribution >= 0.6 is 11.8 Å². The van der Waals surface area contributed by atoms with Crippen molar-refractivity contribution in [3.63, 3.8) is 0 Å². The van der Waals surface area contributed by atoms with Gasteiger partial charge in [-0.1, -0.05) is 25.6 Å². The van der Waals surface area contributed by atoms with Gasteiger partial charge in [0.05, 0.1) is 0 Å². The number of thioether (sulfide) groups is 1. The fourth-order valence-corrected chi connectivity index (χ4v) is 2.61. The number of nitrogens with zero attached hydrogens (tertiary/aromatic N) is 2. The van der Waals surface area contributed by atoms with Crippen LogP contribution in [-0.2, 0) is 0 Å². The summed E-state index contributed by atoms with van der Waals surface area (Å²) in [4.78, 5) is 8.64. The fraction of sp³-hybridized carbons (Fsp3) is 0.692. The van der Waals surface area contributed by atoms with Crippen molar-refractivity contribution < 1.29 is 0 Å². The molecule has 96 valence electrons. The van der Waals surface area contributed by atoms with E-state index in [2.05, 4.69) is 36.1 Å². The second-order valence-corrected chi connectivity index (χ2v) is 5.97. The van der Waals surface area contributed by atoms with Crippen molar-refractivity contribution in [1.82, 2.24) is 15.3 Å². The average molecular weight is 253 g/mol. The van der Waals surface area contributed by atoms with Crippen LogP contribution in [0.3, 0.4) is 0 Å². The molecule has 1 rings (SSSR count). The van der Waals surface area contributed by atoms with E-state index in [1.165, 1.54) is 6.42 Å². The first-order chi connectivity index (χ1) is 8.11. The standard InChI is InChI=1S/C13H23N3S/c1-5-6-14-11(3)7-12(4)17-13-15-8-10(2)9-16-13/h8-9,11-12,14H,5-7H2,1-4H3. The van der Waals surface area contributed by atoms with E-state index in [1.807, 2.05) is 19.3 Å². The van der Waals surface area contributed by atoms with Crippen molar-refractivity contribution >= 4 is 11.8 Å². The first kappa shape index (κ1) is 14.5. The lowest BCUT2D eigenvalue weighted by molar-refractivity contribution is 0.513. The van der Waals surface area contributed by atoms with Gasteiger partial charge in [-0.15, -0.1) is 0 Å². The average Bonchev–Trinajstić information content (AvgIpc) is 2.29. The van der Waals surface area contributed by atoms with Crippen molar-refractivity contribution in [2.75, 3.05) is 6.54 Å². The predicted molar refractivity (Wildman–Crippen MR) is 74.5 cm³/mol. The Labute approximate surface area is 109 Å². The van der Waals surface area contributed by atoms with Gasteiger partial charge in [-0.3, -0.25) is 0 Å². The maximum absolute atomic E-state index is 4.32. The van der Waals surface area contributed by atoms with Crippen LogP contribution < -0.4 is 5.32 Å². The predicted octanol–water partition coefficient (Wildman–Crippen LogP) is 3.04. The molecule has 0 saturated carbocycles. The Morgan fingerprint density at radius 3 is 2.53 bits per heavy atom. The Bertz CT molecular complexity index is 313. The molecule has 2 atom stereocenters. The topological polar surface area (TPSA) is 37.8 Å². The Morgan fingerprint density at radius 2 is 1.94 bits per heavy atom. The zero-order valence-corrected chi connectivity index (χ0v) is 12.0. The first-order valence-corrected chi connectivity index (χ1v) is 7.18. The van der Waals surface area contributed by atoms with E-state index in [0.29, 0.717) is 11.3 Å². The highest BCUT2D eigenvalue weighted by Gasteiger charge is 2.10. The van der Waals surface area contributed by atoms with E-state index >= 15 is 0 Å². The van der Waals surface area contributed by atoms with Crippen molar-refractivity contribution in [2.24, 2.45) is 0 Å². The minimum atomic E-state index is 0.539. The molecule has 1 aromatic rings. The zero-order valence-electron chi connectivity index (χ0n) is 11.2. The Kier molecular flexibility index (Phi) is 6.52. The molecular formula is C13H23N3S. The van der Waals surface area contributed by atoms with Gasteiger partial charge in [0.1, 0.15) is 0 Å². The summed E-state index contributed by atoms with van der Waals surface area (Å²) in [5, 5.41) is 4.92. The number of hydrogen-bond acceptors (Lipinski definition) is 4. The van der Waals surface area contributed by atoms with Crippen LogP contribution in [0, 0.1) is 6.92 Å². The summed E-state index contributed by atoms with van der Waals surface area (Å²) in [5.41, 5.74) is 1.11. The molecule has 4 heteroatoms. The van der Waals surface area contributed by atoms with Crippen LogP contribution in [0.2, 0.25) is 0 Å². The molecule has 0 spiro atoms. The summed E-state index contributed by atoms with van der Waals surface area (Å²) in [6, 6.07) is 0.558. The van der Waals surface area contributed by atoms with Gasteiger partial charge in [0.2, 0.25) is 0 Å². The molecule has 1 N–H and O–H groups in total. The quantitative estimate of drug-likeness (QED) is 0.599. The third-order valence-electron chi connectivity index (χ3n) is 2.49. The van der Waals surface area contributed by atoms with Crippen LogP contribution in [0.5, 0.6) is 0 Å². The molecule has 0 amide bonds. The lowest BCUT2D eigenvalue weighted by atomic mass is 10.2. The summed E-state index contributed by atoms with van der Waals surface area (Å²) >= 11 is 1.75. The molecule has 3 nitrogen and oxygen atoms in total. The normalized spacial score (nSPS) is 14.6. The lowest BCUT2D eigenvalue weighted by Crippen LogP contribution is -2.29. The monoisotopic (exact) mass is 253 g/mol. The van der Waals surface area contributed by atoms with Gasteiger partial charge in [-0.05, 0) is 38.8 Å². The maximum atomic E-state index is 4.32. The van der Waals surface area contributed by atoms with E-state index in [9.17, 15) is 0 Å². The molecular weight excluding hydrogens is 230 g/mol. The molecule has 0 radical (unpaired) electrons. The molecule has 1 heterocycles. The van der Waals surface area contributed by atoms with Gasteiger partial charge >= 0.3 is 0 Å². The molecule has 0 bridgehead atoms. The lowest BCUT2D eigenvalue weighted by Gasteiger charge is -2.17. The molecule has 0 aliphatic heterocycles. The third kappa shape index (κ3) is 6.03. The van der Waals surface area contributed by atoms with Crippen LogP contribution in [-0.4, -0.2) is 27.8 Å². The summed E-state index contributed by atoms with van der Waals surface area (Å²) in [6.07, 6.45) is 6.08. The number of aryl methyl sites for hydroxylation is 1. The van der Waals surface area contributed by atoms with E-state index < -0.39 is 0 Å². The summed E-state index contributed by atoms with van der Waals surface area (Å²) in [5.74, 6) is 0. The van der Waals surface area contributed by atoms with Gasteiger partial charge in [0.15, 0.2) is 5.16 Å². The summed E-state index contributed by atoms with van der Waals surface area (Å²) in [6.45, 7) is 9.77. The van der Waals surface area contributed by atoms with Crippen molar-refractivity contribution in [3.8, 4) is 0 Å². The first-order valence-electron chi connectivity index (χ1n) is 6.30. The molecule has 0 fully saturated rings. The van der Waals surface area contributed by atoms with Gasteiger partial charge in [0.25, 0.3) is 0 Å². The van der Waals surface area contributed by atoms with Crippen LogP contribution in [0.1, 0.15) is 39.2 Å². The highest BCUT2D eigenvalue weighted by Crippen LogP contribution is 2.22. The van der Waals surface area contributed by atoms with E-state index in [4.69, 9.17) is 0 Å². The number of aromatic nitrogens is 2. The molecule has 0 saturated heterocycles. The highest BCUT2D eigenvalue weighted by atomic mass is 32.2. The van der Waals surface area contributed by atoms with Gasteiger partial charge in [0, 0.05) is 23.7 Å². The highest BCUT2D eigenvalue weighted by molar-refractivity contribution is 7.99. The molecule has 17 heavy (non-hydrogen) atoms. The summed E-state index contributed by atoms with van der Waals surface area (Å²) in [7, 11) is 0. The number of nitrogens with one attached hydrogen (secondary N) is 1. The fourth-order valence-electron chi connectivity index (χ4n) is 1.64. The van der Waals surface area contributed by atoms with Crippen molar-refractivity contribution in [3.05, 3.63) is 18.0 Å².